The SMILES string of the molecule is COc1ccccc1N1CCN(c2ccc(NC(=O)c3cccc([N+](=O)[O-])c3)cc2C(=O)N2CCCCC2)CC1. The third-order valence-corrected chi connectivity index (χ3v) is 7.49. The van der Waals surface area contributed by atoms with Gasteiger partial charge < -0.3 is 24.8 Å². The Morgan fingerprint density at radius 2 is 1.52 bits per heavy atom. The predicted molar refractivity (Wildman–Crippen MR) is 155 cm³/mol. The smallest absolute Gasteiger partial charge is 0.270 e. The number of rotatable bonds is 7. The molecule has 0 saturated carbocycles. The minimum absolute atomic E-state index is 0.0479. The van der Waals surface area contributed by atoms with Crippen molar-refractivity contribution in [2.45, 2.75) is 19.3 Å². The van der Waals surface area contributed by atoms with Crippen molar-refractivity contribution in [1.29, 1.82) is 0 Å². The molecule has 2 heterocycles. The molecule has 2 amide bonds. The maximum atomic E-state index is 13.7. The highest BCUT2D eigenvalue weighted by Gasteiger charge is 2.27. The number of carbonyl (C=O) groups is 2. The Balaban J connectivity index is 1.38. The lowest BCUT2D eigenvalue weighted by Gasteiger charge is -2.39. The fourth-order valence-corrected chi connectivity index (χ4v) is 5.37. The second-order valence-corrected chi connectivity index (χ2v) is 9.99. The van der Waals surface area contributed by atoms with Crippen molar-refractivity contribution in [2.75, 3.05) is 61.5 Å². The number of nitrogens with one attached hydrogen (secondary N) is 1. The van der Waals surface area contributed by atoms with Crippen molar-refractivity contribution in [3.8, 4) is 5.75 Å². The van der Waals surface area contributed by atoms with Crippen LogP contribution in [0.4, 0.5) is 22.7 Å². The molecule has 2 saturated heterocycles. The molecule has 208 valence electrons. The van der Waals surface area contributed by atoms with Crippen molar-refractivity contribution >= 4 is 34.6 Å². The van der Waals surface area contributed by atoms with Gasteiger partial charge in [-0.2, -0.15) is 0 Å². The number of nitrogens with zero attached hydrogens (tertiary/aromatic N) is 4. The van der Waals surface area contributed by atoms with Crippen LogP contribution in [0.3, 0.4) is 0 Å². The summed E-state index contributed by atoms with van der Waals surface area (Å²) in [5.41, 5.74) is 2.92. The van der Waals surface area contributed by atoms with Gasteiger partial charge in [0, 0.05) is 68.3 Å². The first kappa shape index (κ1) is 27.0. The highest BCUT2D eigenvalue weighted by molar-refractivity contribution is 6.06. The number of likely N-dealkylation sites (tertiary alicyclic amines) is 1. The lowest BCUT2D eigenvalue weighted by atomic mass is 10.0. The van der Waals surface area contributed by atoms with Crippen molar-refractivity contribution in [1.82, 2.24) is 4.90 Å². The zero-order valence-electron chi connectivity index (χ0n) is 22.5. The van der Waals surface area contributed by atoms with Crippen LogP contribution in [-0.2, 0) is 0 Å². The van der Waals surface area contributed by atoms with E-state index in [0.717, 1.165) is 62.6 Å². The van der Waals surface area contributed by atoms with Crippen LogP contribution in [0.15, 0.2) is 66.7 Å². The van der Waals surface area contributed by atoms with E-state index in [9.17, 15) is 19.7 Å². The van der Waals surface area contributed by atoms with E-state index < -0.39 is 10.8 Å². The van der Waals surface area contributed by atoms with E-state index in [2.05, 4.69) is 21.2 Å². The van der Waals surface area contributed by atoms with E-state index in [1.807, 2.05) is 29.2 Å². The molecule has 0 bridgehead atoms. The number of anilines is 3. The van der Waals surface area contributed by atoms with E-state index >= 15 is 0 Å². The third kappa shape index (κ3) is 5.85. The van der Waals surface area contributed by atoms with Crippen LogP contribution in [0.1, 0.15) is 40.0 Å². The number of piperazine rings is 1. The molecule has 0 aromatic heterocycles. The highest BCUT2D eigenvalue weighted by atomic mass is 16.6. The number of amides is 2. The van der Waals surface area contributed by atoms with Crippen molar-refractivity contribution in [3.05, 3.63) is 88.0 Å². The molecule has 2 fully saturated rings. The molecule has 0 spiro atoms. The highest BCUT2D eigenvalue weighted by Crippen LogP contribution is 2.32. The molecule has 5 rings (SSSR count). The largest absolute Gasteiger partial charge is 0.495 e. The summed E-state index contributed by atoms with van der Waals surface area (Å²) in [6, 6.07) is 19.0. The van der Waals surface area contributed by atoms with Gasteiger partial charge >= 0.3 is 0 Å². The average Bonchev–Trinajstić information content (AvgIpc) is 3.01. The minimum atomic E-state index is -0.533. The van der Waals surface area contributed by atoms with E-state index in [0.29, 0.717) is 24.3 Å². The number of carbonyl (C=O) groups excluding carboxylic acids is 2. The van der Waals surface area contributed by atoms with Crippen LogP contribution >= 0.6 is 0 Å². The number of non-ortho nitro benzene ring substituents is 1. The van der Waals surface area contributed by atoms with Crippen molar-refractivity contribution in [2.24, 2.45) is 0 Å². The van der Waals surface area contributed by atoms with E-state index in [1.165, 1.54) is 24.3 Å². The molecule has 10 nitrogen and oxygen atoms in total. The van der Waals surface area contributed by atoms with E-state index in [1.54, 1.807) is 19.2 Å². The molecule has 0 atom stereocenters. The first-order valence-corrected chi connectivity index (χ1v) is 13.6. The maximum Gasteiger partial charge on any atom is 0.270 e. The fourth-order valence-electron chi connectivity index (χ4n) is 5.37. The van der Waals surface area contributed by atoms with Crippen LogP contribution in [0.2, 0.25) is 0 Å². The maximum absolute atomic E-state index is 13.7. The van der Waals surface area contributed by atoms with Gasteiger partial charge in [0.2, 0.25) is 0 Å². The number of methoxy groups -OCH3 is 1. The van der Waals surface area contributed by atoms with E-state index in [-0.39, 0.29) is 17.2 Å². The average molecular weight is 544 g/mol. The normalized spacial score (nSPS) is 15.5. The second kappa shape index (κ2) is 12.1. The van der Waals surface area contributed by atoms with Gasteiger partial charge in [0.25, 0.3) is 17.5 Å². The molecule has 0 radical (unpaired) electrons. The topological polar surface area (TPSA) is 108 Å². The first-order chi connectivity index (χ1) is 19.4. The molecule has 3 aromatic carbocycles. The minimum Gasteiger partial charge on any atom is -0.495 e. The van der Waals surface area contributed by atoms with Gasteiger partial charge in [-0.1, -0.05) is 18.2 Å². The Hall–Kier alpha value is -4.60. The lowest BCUT2D eigenvalue weighted by Crippen LogP contribution is -2.47. The number of para-hydroxylation sites is 2. The third-order valence-electron chi connectivity index (χ3n) is 7.49. The van der Waals surface area contributed by atoms with Crippen LogP contribution in [0.5, 0.6) is 5.75 Å². The summed E-state index contributed by atoms with van der Waals surface area (Å²) in [5, 5.41) is 14.0. The summed E-state index contributed by atoms with van der Waals surface area (Å²) in [5.74, 6) is 0.312. The van der Waals surface area contributed by atoms with Crippen LogP contribution in [0.25, 0.3) is 0 Å². The number of ether oxygens (including phenoxy) is 1. The predicted octanol–water partition coefficient (Wildman–Crippen LogP) is 4.81. The lowest BCUT2D eigenvalue weighted by molar-refractivity contribution is -0.384. The molecule has 0 unspecified atom stereocenters. The molecule has 1 N–H and O–H groups in total. The second-order valence-electron chi connectivity index (χ2n) is 9.99. The van der Waals surface area contributed by atoms with Crippen LogP contribution < -0.4 is 19.9 Å². The summed E-state index contributed by atoms with van der Waals surface area (Å²) in [4.78, 5) is 43.7. The number of piperidine rings is 1. The molecule has 3 aromatic rings. The van der Waals surface area contributed by atoms with Crippen LogP contribution in [-0.4, -0.2) is 68.0 Å². The summed E-state index contributed by atoms with van der Waals surface area (Å²) >= 11 is 0. The Labute approximate surface area is 233 Å². The van der Waals surface area contributed by atoms with Crippen molar-refractivity contribution < 1.29 is 19.2 Å². The molecule has 2 aliphatic heterocycles. The quantitative estimate of drug-likeness (QED) is 0.337. The molecule has 0 aliphatic carbocycles. The number of nitro benzene ring substituents is 1. The van der Waals surface area contributed by atoms with Gasteiger partial charge in [0.1, 0.15) is 5.75 Å². The summed E-state index contributed by atoms with van der Waals surface area (Å²) in [7, 11) is 1.67. The molecule has 40 heavy (non-hydrogen) atoms. The summed E-state index contributed by atoms with van der Waals surface area (Å²) < 4.78 is 5.55. The summed E-state index contributed by atoms with van der Waals surface area (Å²) in [6.45, 7) is 4.40. The Morgan fingerprint density at radius 1 is 0.825 bits per heavy atom. The Morgan fingerprint density at radius 3 is 2.23 bits per heavy atom. The van der Waals surface area contributed by atoms with Gasteiger partial charge in [0.05, 0.1) is 23.3 Å². The van der Waals surface area contributed by atoms with Gasteiger partial charge in [0.15, 0.2) is 0 Å². The van der Waals surface area contributed by atoms with E-state index in [4.69, 9.17) is 4.74 Å². The molecule has 10 heteroatoms. The Bertz CT molecular complexity index is 1400. The van der Waals surface area contributed by atoms with Crippen molar-refractivity contribution in [3.63, 3.8) is 0 Å². The first-order valence-electron chi connectivity index (χ1n) is 13.6. The Kier molecular flexibility index (Phi) is 8.14. The van der Waals surface area contributed by atoms with Gasteiger partial charge in [-0.3, -0.25) is 19.7 Å². The van der Waals surface area contributed by atoms with Crippen LogP contribution in [0, 0.1) is 10.1 Å². The molecular weight excluding hydrogens is 510 g/mol. The molecule has 2 aliphatic rings. The summed E-state index contributed by atoms with van der Waals surface area (Å²) in [6.07, 6.45) is 3.06. The van der Waals surface area contributed by atoms with Gasteiger partial charge in [-0.05, 0) is 55.7 Å². The monoisotopic (exact) mass is 543 g/mol. The number of hydrogen-bond acceptors (Lipinski definition) is 7. The zero-order valence-corrected chi connectivity index (χ0v) is 22.5. The zero-order chi connectivity index (χ0) is 28.1. The number of benzene rings is 3. The number of hydrogen-bond donors (Lipinski definition) is 1. The molecular formula is C30H33N5O5. The number of nitro groups is 1. The van der Waals surface area contributed by atoms with Gasteiger partial charge in [-0.25, -0.2) is 0 Å². The van der Waals surface area contributed by atoms with Gasteiger partial charge in [-0.15, -0.1) is 0 Å². The standard InChI is InChI=1S/C30H33N5O5/c1-40-28-11-4-3-10-27(28)33-18-16-32(17-19-33)26-13-12-23(21-25(26)30(37)34-14-5-2-6-15-34)31-29(36)22-8-7-9-24(20-22)35(38)39/h3-4,7-13,20-21H,2,5-6,14-19H2,1H3,(H,31,36). The fraction of sp³-hybridized carbons (Fsp3) is 0.333.